The number of benzene rings is 2. The molecule has 0 bridgehead atoms. The molecule has 132 valence electrons. The molecule has 1 aliphatic heterocycles. The van der Waals surface area contributed by atoms with Gasteiger partial charge in [-0.25, -0.2) is 0 Å². The molecule has 0 unspecified atom stereocenters. The van der Waals surface area contributed by atoms with E-state index in [-0.39, 0.29) is 5.91 Å². The van der Waals surface area contributed by atoms with E-state index < -0.39 is 6.04 Å². The van der Waals surface area contributed by atoms with Gasteiger partial charge in [-0.05, 0) is 30.5 Å². The maximum absolute atomic E-state index is 12.7. The first-order chi connectivity index (χ1) is 12.8. The lowest BCUT2D eigenvalue weighted by molar-refractivity contribution is 0.0938. The lowest BCUT2D eigenvalue weighted by atomic mass is 10.1. The van der Waals surface area contributed by atoms with Gasteiger partial charge < -0.3 is 14.6 Å². The summed E-state index contributed by atoms with van der Waals surface area (Å²) in [4.78, 5) is 14.7. The first kappa shape index (κ1) is 16.3. The minimum absolute atomic E-state index is 0.180. The van der Waals surface area contributed by atoms with E-state index in [0.717, 1.165) is 31.5 Å². The summed E-state index contributed by atoms with van der Waals surface area (Å²) in [5, 5.41) is 11.4. The average molecular weight is 348 g/mol. The Morgan fingerprint density at radius 1 is 0.962 bits per heavy atom. The largest absolute Gasteiger partial charge is 0.405 e. The van der Waals surface area contributed by atoms with Crippen LogP contribution in [0.1, 0.15) is 40.7 Å². The molecule has 0 radical (unpaired) electrons. The molecule has 1 atom stereocenters. The highest BCUT2D eigenvalue weighted by Crippen LogP contribution is 2.25. The van der Waals surface area contributed by atoms with Gasteiger partial charge in [0.2, 0.25) is 5.89 Å². The number of hydrogen-bond acceptors (Lipinski definition) is 5. The molecule has 1 aromatic heterocycles. The second-order valence-electron chi connectivity index (χ2n) is 6.30. The zero-order chi connectivity index (χ0) is 17.8. The minimum atomic E-state index is -0.493. The highest BCUT2D eigenvalue weighted by molar-refractivity contribution is 5.94. The van der Waals surface area contributed by atoms with Gasteiger partial charge in [-0.15, -0.1) is 5.10 Å². The van der Waals surface area contributed by atoms with Gasteiger partial charge in [0.15, 0.2) is 0 Å². The van der Waals surface area contributed by atoms with Gasteiger partial charge in [0.25, 0.3) is 5.91 Å². The van der Waals surface area contributed by atoms with E-state index in [1.807, 2.05) is 48.5 Å². The molecular formula is C20H20N4O2. The topological polar surface area (TPSA) is 71.3 Å². The molecule has 1 aliphatic rings. The summed E-state index contributed by atoms with van der Waals surface area (Å²) in [5.74, 6) is 0.211. The predicted octanol–water partition coefficient (Wildman–Crippen LogP) is 3.19. The Morgan fingerprint density at radius 3 is 2.31 bits per heavy atom. The van der Waals surface area contributed by atoms with Crippen LogP contribution in [0.15, 0.2) is 65.1 Å². The van der Waals surface area contributed by atoms with Gasteiger partial charge in [0.1, 0.15) is 6.04 Å². The number of hydrogen-bond donors (Lipinski definition) is 1. The molecule has 3 aromatic rings. The molecule has 26 heavy (non-hydrogen) atoms. The summed E-state index contributed by atoms with van der Waals surface area (Å²) < 4.78 is 5.91. The Kier molecular flexibility index (Phi) is 4.64. The zero-order valence-corrected chi connectivity index (χ0v) is 14.3. The van der Waals surface area contributed by atoms with Crippen molar-refractivity contribution in [3.8, 4) is 0 Å². The summed E-state index contributed by atoms with van der Waals surface area (Å²) in [6.07, 6.45) is 2.26. The molecule has 6 heteroatoms. The van der Waals surface area contributed by atoms with Crippen molar-refractivity contribution in [3.05, 3.63) is 77.7 Å². The van der Waals surface area contributed by atoms with E-state index >= 15 is 0 Å². The van der Waals surface area contributed by atoms with Crippen molar-refractivity contribution in [2.45, 2.75) is 18.9 Å². The SMILES string of the molecule is O=C(N[C@@H](c1ccccc1)c1nnc(N2CCCC2)o1)c1ccccc1. The molecular weight excluding hydrogens is 328 g/mol. The van der Waals surface area contributed by atoms with Crippen LogP contribution in [0.3, 0.4) is 0 Å². The smallest absolute Gasteiger partial charge is 0.318 e. The third kappa shape index (κ3) is 3.44. The van der Waals surface area contributed by atoms with Crippen LogP contribution < -0.4 is 10.2 Å². The van der Waals surface area contributed by atoms with Crippen LogP contribution in [0, 0.1) is 0 Å². The minimum Gasteiger partial charge on any atom is -0.405 e. The quantitative estimate of drug-likeness (QED) is 0.767. The van der Waals surface area contributed by atoms with Crippen LogP contribution in [-0.4, -0.2) is 29.2 Å². The Balaban J connectivity index is 1.62. The molecule has 6 nitrogen and oxygen atoms in total. The number of nitrogens with one attached hydrogen (secondary N) is 1. The second-order valence-corrected chi connectivity index (χ2v) is 6.30. The van der Waals surface area contributed by atoms with Crippen molar-refractivity contribution in [1.29, 1.82) is 0 Å². The third-order valence-corrected chi connectivity index (χ3v) is 4.50. The standard InChI is InChI=1S/C20H20N4O2/c25-18(16-11-5-2-6-12-16)21-17(15-9-3-1-4-10-15)19-22-23-20(26-19)24-13-7-8-14-24/h1-6,9-12,17H,7-8,13-14H2,(H,21,25)/t17-/m0/s1. The van der Waals surface area contributed by atoms with E-state index in [2.05, 4.69) is 20.4 Å². The second kappa shape index (κ2) is 7.39. The van der Waals surface area contributed by atoms with Crippen molar-refractivity contribution in [3.63, 3.8) is 0 Å². The van der Waals surface area contributed by atoms with Gasteiger partial charge in [-0.3, -0.25) is 4.79 Å². The number of carbonyl (C=O) groups is 1. The molecule has 2 aromatic carbocycles. The highest BCUT2D eigenvalue weighted by Gasteiger charge is 2.25. The fourth-order valence-electron chi connectivity index (χ4n) is 3.12. The van der Waals surface area contributed by atoms with Crippen LogP contribution in [0.5, 0.6) is 0 Å². The lowest BCUT2D eigenvalue weighted by Gasteiger charge is -2.16. The molecule has 1 amide bonds. The van der Waals surface area contributed by atoms with Crippen molar-refractivity contribution in [2.24, 2.45) is 0 Å². The number of carbonyl (C=O) groups excluding carboxylic acids is 1. The van der Waals surface area contributed by atoms with E-state index in [9.17, 15) is 4.79 Å². The van der Waals surface area contributed by atoms with Crippen LogP contribution in [0.4, 0.5) is 6.01 Å². The van der Waals surface area contributed by atoms with Gasteiger partial charge in [-0.2, -0.15) is 0 Å². The number of aromatic nitrogens is 2. The summed E-state index contributed by atoms with van der Waals surface area (Å²) in [7, 11) is 0. The van der Waals surface area contributed by atoms with Gasteiger partial charge in [-0.1, -0.05) is 53.6 Å². The van der Waals surface area contributed by atoms with Crippen molar-refractivity contribution >= 4 is 11.9 Å². The van der Waals surface area contributed by atoms with E-state index in [1.165, 1.54) is 0 Å². The van der Waals surface area contributed by atoms with E-state index in [4.69, 9.17) is 4.42 Å². The molecule has 1 saturated heterocycles. The first-order valence-electron chi connectivity index (χ1n) is 8.80. The number of rotatable bonds is 5. The summed E-state index contributed by atoms with van der Waals surface area (Å²) in [6, 6.07) is 18.8. The number of nitrogens with zero attached hydrogens (tertiary/aromatic N) is 3. The van der Waals surface area contributed by atoms with Crippen molar-refractivity contribution < 1.29 is 9.21 Å². The molecule has 2 heterocycles. The lowest BCUT2D eigenvalue weighted by Crippen LogP contribution is -2.29. The number of anilines is 1. The average Bonchev–Trinajstić information content (AvgIpc) is 3.39. The normalized spacial score (nSPS) is 15.0. The molecule has 1 N–H and O–H groups in total. The third-order valence-electron chi connectivity index (χ3n) is 4.50. The molecule has 4 rings (SSSR count). The van der Waals surface area contributed by atoms with Crippen molar-refractivity contribution in [1.82, 2.24) is 15.5 Å². The Bertz CT molecular complexity index is 858. The van der Waals surface area contributed by atoms with E-state index in [0.29, 0.717) is 17.5 Å². The maximum atomic E-state index is 12.7. The fourth-order valence-corrected chi connectivity index (χ4v) is 3.12. The monoisotopic (exact) mass is 348 g/mol. The van der Waals surface area contributed by atoms with Gasteiger partial charge >= 0.3 is 6.01 Å². The predicted molar refractivity (Wildman–Crippen MR) is 97.9 cm³/mol. The summed E-state index contributed by atoms with van der Waals surface area (Å²) >= 11 is 0. The van der Waals surface area contributed by atoms with Crippen molar-refractivity contribution in [2.75, 3.05) is 18.0 Å². The molecule has 1 fully saturated rings. The first-order valence-corrected chi connectivity index (χ1v) is 8.80. The van der Waals surface area contributed by atoms with Gasteiger partial charge in [0.05, 0.1) is 0 Å². The van der Waals surface area contributed by atoms with Crippen LogP contribution in [0.25, 0.3) is 0 Å². The maximum Gasteiger partial charge on any atom is 0.318 e. The Morgan fingerprint density at radius 2 is 1.62 bits per heavy atom. The van der Waals surface area contributed by atoms with Crippen LogP contribution in [-0.2, 0) is 0 Å². The number of amides is 1. The zero-order valence-electron chi connectivity index (χ0n) is 14.3. The molecule has 0 spiro atoms. The summed E-state index contributed by atoms with van der Waals surface area (Å²) in [5.41, 5.74) is 1.49. The Hall–Kier alpha value is -3.15. The van der Waals surface area contributed by atoms with Gasteiger partial charge in [0, 0.05) is 18.7 Å². The molecule has 0 saturated carbocycles. The van der Waals surface area contributed by atoms with Crippen LogP contribution >= 0.6 is 0 Å². The molecule has 0 aliphatic carbocycles. The highest BCUT2D eigenvalue weighted by atomic mass is 16.4. The summed E-state index contributed by atoms with van der Waals surface area (Å²) in [6.45, 7) is 1.85. The Labute approximate surface area is 151 Å². The van der Waals surface area contributed by atoms with Crippen LogP contribution in [0.2, 0.25) is 0 Å². The fraction of sp³-hybridized carbons (Fsp3) is 0.250. The van der Waals surface area contributed by atoms with E-state index in [1.54, 1.807) is 12.1 Å².